The van der Waals surface area contributed by atoms with Crippen LogP contribution in [0.5, 0.6) is 5.75 Å². The van der Waals surface area contributed by atoms with E-state index in [1.54, 1.807) is 11.7 Å². The molecule has 1 aliphatic heterocycles. The fraction of sp³-hybridized carbons (Fsp3) is 0.400. The fourth-order valence-corrected chi connectivity index (χ4v) is 2.53. The number of aromatic nitrogens is 1. The summed E-state index contributed by atoms with van der Waals surface area (Å²) in [7, 11) is 1.65. The van der Waals surface area contributed by atoms with Crippen LogP contribution in [0.15, 0.2) is 30.5 Å². The summed E-state index contributed by atoms with van der Waals surface area (Å²) in [5.41, 5.74) is 0.943. The molecule has 2 aromatic rings. The Kier molecular flexibility index (Phi) is 3.03. The molecule has 0 N–H and O–H groups in total. The zero-order valence-corrected chi connectivity index (χ0v) is 11.3. The molecule has 19 heavy (non-hydrogen) atoms. The van der Waals surface area contributed by atoms with Gasteiger partial charge < -0.3 is 4.74 Å². The fourth-order valence-electron chi connectivity index (χ4n) is 2.53. The third-order valence-corrected chi connectivity index (χ3v) is 3.93. The summed E-state index contributed by atoms with van der Waals surface area (Å²) in [6.07, 6.45) is 3.05. The van der Waals surface area contributed by atoms with E-state index in [2.05, 4.69) is 4.90 Å². The molecule has 1 fully saturated rings. The Bertz CT molecular complexity index is 614. The Labute approximate surface area is 112 Å². The van der Waals surface area contributed by atoms with Crippen molar-refractivity contribution in [1.29, 1.82) is 0 Å². The number of ether oxygens (including phenoxy) is 1. The van der Waals surface area contributed by atoms with E-state index in [-0.39, 0.29) is 11.9 Å². The summed E-state index contributed by atoms with van der Waals surface area (Å²) < 4.78 is 6.95. The monoisotopic (exact) mass is 258 g/mol. The molecule has 0 bridgehead atoms. The number of methoxy groups -OCH3 is 1. The lowest BCUT2D eigenvalue weighted by molar-refractivity contribution is 0.0647. The second-order valence-corrected chi connectivity index (χ2v) is 5.01. The Morgan fingerprint density at radius 2 is 2.11 bits per heavy atom. The highest BCUT2D eigenvalue weighted by atomic mass is 16.5. The number of fused-ring (bicyclic) bond motifs is 1. The summed E-state index contributed by atoms with van der Waals surface area (Å²) >= 11 is 0. The topological polar surface area (TPSA) is 34.5 Å². The van der Waals surface area contributed by atoms with Crippen LogP contribution in [-0.2, 0) is 0 Å². The number of carbonyl (C=O) groups is 1. The van der Waals surface area contributed by atoms with E-state index in [9.17, 15) is 4.79 Å². The highest BCUT2D eigenvalue weighted by molar-refractivity contribution is 5.95. The maximum atomic E-state index is 12.5. The molecular weight excluding hydrogens is 240 g/mol. The molecule has 2 heterocycles. The van der Waals surface area contributed by atoms with Gasteiger partial charge in [0.1, 0.15) is 5.75 Å². The first-order chi connectivity index (χ1) is 9.20. The molecule has 4 heteroatoms. The van der Waals surface area contributed by atoms with Crippen molar-refractivity contribution in [2.45, 2.75) is 19.4 Å². The second kappa shape index (κ2) is 4.70. The van der Waals surface area contributed by atoms with Crippen LogP contribution in [0.4, 0.5) is 0 Å². The van der Waals surface area contributed by atoms with Gasteiger partial charge >= 0.3 is 0 Å². The molecule has 3 rings (SSSR count). The molecular formula is C15H18N2O2. The van der Waals surface area contributed by atoms with Crippen LogP contribution in [0.3, 0.4) is 0 Å². The molecule has 0 spiro atoms. The molecule has 0 saturated carbocycles. The molecule has 100 valence electrons. The van der Waals surface area contributed by atoms with Gasteiger partial charge in [-0.25, -0.2) is 0 Å². The first kappa shape index (κ1) is 12.2. The Morgan fingerprint density at radius 3 is 2.74 bits per heavy atom. The smallest absolute Gasteiger partial charge is 0.248 e. The van der Waals surface area contributed by atoms with Crippen LogP contribution in [0.2, 0.25) is 0 Å². The molecule has 1 saturated heterocycles. The maximum Gasteiger partial charge on any atom is 0.248 e. The van der Waals surface area contributed by atoms with Gasteiger partial charge in [-0.15, -0.1) is 0 Å². The van der Waals surface area contributed by atoms with Crippen LogP contribution in [0, 0.1) is 0 Å². The molecule has 0 radical (unpaired) electrons. The minimum atomic E-state index is -0.0496. The van der Waals surface area contributed by atoms with Gasteiger partial charge in [-0.2, -0.15) is 0 Å². The van der Waals surface area contributed by atoms with E-state index in [4.69, 9.17) is 4.74 Å². The van der Waals surface area contributed by atoms with Crippen LogP contribution < -0.4 is 4.74 Å². The minimum absolute atomic E-state index is 0.0496. The first-order valence-electron chi connectivity index (χ1n) is 6.64. The highest BCUT2D eigenvalue weighted by Crippen LogP contribution is 2.23. The SMILES string of the molecule is COc1ccc2c(ccn2C(=O)C(C)N2CCC2)c1. The zero-order chi connectivity index (χ0) is 13.4. The van der Waals surface area contributed by atoms with E-state index in [0.29, 0.717) is 0 Å². The van der Waals surface area contributed by atoms with Gasteiger partial charge in [0.2, 0.25) is 5.91 Å². The lowest BCUT2D eigenvalue weighted by Crippen LogP contribution is -2.48. The lowest BCUT2D eigenvalue weighted by atomic mass is 10.1. The predicted octanol–water partition coefficient (Wildman–Crippen LogP) is 2.38. The standard InChI is InChI=1S/C15H18N2O2/c1-11(16-7-3-8-16)15(18)17-9-6-12-10-13(19-2)4-5-14(12)17/h4-6,9-11H,3,7-8H2,1-2H3. The number of likely N-dealkylation sites (tertiary alicyclic amines) is 1. The van der Waals surface area contributed by atoms with Crippen molar-refractivity contribution < 1.29 is 9.53 Å². The molecule has 1 aromatic carbocycles. The Hall–Kier alpha value is -1.81. The van der Waals surface area contributed by atoms with Crippen LogP contribution in [0.25, 0.3) is 10.9 Å². The minimum Gasteiger partial charge on any atom is -0.497 e. The van der Waals surface area contributed by atoms with Gasteiger partial charge in [0.05, 0.1) is 18.7 Å². The summed E-state index contributed by atoms with van der Waals surface area (Å²) in [6, 6.07) is 7.69. The zero-order valence-electron chi connectivity index (χ0n) is 11.3. The summed E-state index contributed by atoms with van der Waals surface area (Å²) in [4.78, 5) is 14.7. The van der Waals surface area contributed by atoms with E-state index < -0.39 is 0 Å². The number of benzene rings is 1. The van der Waals surface area contributed by atoms with E-state index in [0.717, 1.165) is 29.7 Å². The van der Waals surface area contributed by atoms with Crippen molar-refractivity contribution in [3.8, 4) is 5.75 Å². The van der Waals surface area contributed by atoms with E-state index in [1.165, 1.54) is 6.42 Å². The van der Waals surface area contributed by atoms with E-state index >= 15 is 0 Å². The third kappa shape index (κ3) is 2.02. The molecule has 0 amide bonds. The lowest BCUT2D eigenvalue weighted by Gasteiger charge is -2.35. The number of hydrogen-bond acceptors (Lipinski definition) is 3. The normalized spacial score (nSPS) is 17.2. The van der Waals surface area contributed by atoms with Crippen molar-refractivity contribution in [3.63, 3.8) is 0 Å². The van der Waals surface area contributed by atoms with Crippen molar-refractivity contribution in [2.24, 2.45) is 0 Å². The average Bonchev–Trinajstić information content (AvgIpc) is 2.78. The average molecular weight is 258 g/mol. The number of hydrogen-bond donors (Lipinski definition) is 0. The van der Waals surface area contributed by atoms with Crippen molar-refractivity contribution in [3.05, 3.63) is 30.5 Å². The summed E-state index contributed by atoms with van der Waals surface area (Å²) in [5.74, 6) is 0.952. The summed E-state index contributed by atoms with van der Waals surface area (Å²) in [5, 5.41) is 1.03. The quantitative estimate of drug-likeness (QED) is 0.847. The second-order valence-electron chi connectivity index (χ2n) is 5.01. The largest absolute Gasteiger partial charge is 0.497 e. The van der Waals surface area contributed by atoms with Gasteiger partial charge in [-0.05, 0) is 37.6 Å². The van der Waals surface area contributed by atoms with Gasteiger partial charge in [0.25, 0.3) is 0 Å². The highest BCUT2D eigenvalue weighted by Gasteiger charge is 2.27. The van der Waals surface area contributed by atoms with Crippen LogP contribution >= 0.6 is 0 Å². The van der Waals surface area contributed by atoms with E-state index in [1.807, 2.05) is 37.4 Å². The van der Waals surface area contributed by atoms with Gasteiger partial charge in [-0.1, -0.05) is 0 Å². The van der Waals surface area contributed by atoms with Crippen LogP contribution in [-0.4, -0.2) is 41.6 Å². The van der Waals surface area contributed by atoms with Crippen LogP contribution in [0.1, 0.15) is 18.1 Å². The molecule has 1 aromatic heterocycles. The van der Waals surface area contributed by atoms with Crippen molar-refractivity contribution >= 4 is 16.8 Å². The molecule has 0 aliphatic carbocycles. The molecule has 1 aliphatic rings. The summed E-state index contributed by atoms with van der Waals surface area (Å²) in [6.45, 7) is 4.04. The van der Waals surface area contributed by atoms with Crippen molar-refractivity contribution in [1.82, 2.24) is 9.47 Å². The maximum absolute atomic E-state index is 12.5. The number of nitrogens with zero attached hydrogens (tertiary/aromatic N) is 2. The first-order valence-corrected chi connectivity index (χ1v) is 6.64. The molecule has 4 nitrogen and oxygen atoms in total. The third-order valence-electron chi connectivity index (χ3n) is 3.93. The molecule has 1 unspecified atom stereocenters. The number of rotatable bonds is 3. The number of carbonyl (C=O) groups excluding carboxylic acids is 1. The molecule has 1 atom stereocenters. The van der Waals surface area contributed by atoms with Gasteiger partial charge in [0.15, 0.2) is 0 Å². The predicted molar refractivity (Wildman–Crippen MR) is 74.8 cm³/mol. The van der Waals surface area contributed by atoms with Gasteiger partial charge in [-0.3, -0.25) is 14.3 Å². The Balaban J connectivity index is 1.93. The van der Waals surface area contributed by atoms with Gasteiger partial charge in [0, 0.05) is 24.7 Å². The Morgan fingerprint density at radius 1 is 1.32 bits per heavy atom. The van der Waals surface area contributed by atoms with Crippen molar-refractivity contribution in [2.75, 3.05) is 20.2 Å².